The highest BCUT2D eigenvalue weighted by atomic mass is 35.5. The monoisotopic (exact) mass is 498 g/mol. The smallest absolute Gasteiger partial charge is 0.293 e. The van der Waals surface area contributed by atoms with Crippen molar-refractivity contribution in [3.8, 4) is 11.3 Å². The number of benzene rings is 1. The summed E-state index contributed by atoms with van der Waals surface area (Å²) in [5, 5.41) is 4.74. The molecule has 0 aliphatic heterocycles. The standard InChI is InChI=1S/C19H12Cl2N2O4S3/c20-16-8-13(17(21)29-16)14-9-28-19(22-14)23-18(24)15-7-6-11(27-15)10-30(25,26)12-4-2-1-3-5-12/h1-9H,10H2,(H,22,23,24). The van der Waals surface area contributed by atoms with Crippen molar-refractivity contribution in [1.82, 2.24) is 4.98 Å². The zero-order valence-electron chi connectivity index (χ0n) is 15.0. The van der Waals surface area contributed by atoms with E-state index in [0.717, 1.165) is 0 Å². The number of hydrogen-bond donors (Lipinski definition) is 1. The summed E-state index contributed by atoms with van der Waals surface area (Å²) < 4.78 is 31.4. The molecule has 0 saturated carbocycles. The van der Waals surface area contributed by atoms with Crippen LogP contribution in [-0.2, 0) is 15.6 Å². The summed E-state index contributed by atoms with van der Waals surface area (Å²) in [4.78, 5) is 17.0. The topological polar surface area (TPSA) is 89.3 Å². The molecule has 4 rings (SSSR count). The van der Waals surface area contributed by atoms with E-state index in [1.807, 2.05) is 0 Å². The molecule has 0 spiro atoms. The number of halogens is 2. The van der Waals surface area contributed by atoms with Crippen molar-refractivity contribution < 1.29 is 17.6 Å². The van der Waals surface area contributed by atoms with E-state index in [9.17, 15) is 13.2 Å². The zero-order valence-corrected chi connectivity index (χ0v) is 18.9. The van der Waals surface area contributed by atoms with Crippen LogP contribution in [0.5, 0.6) is 0 Å². The fourth-order valence-electron chi connectivity index (χ4n) is 2.60. The Labute approximate surface area is 190 Å². The average Bonchev–Trinajstić information content (AvgIpc) is 3.43. The van der Waals surface area contributed by atoms with Crippen LogP contribution in [-0.4, -0.2) is 19.3 Å². The minimum atomic E-state index is -3.57. The van der Waals surface area contributed by atoms with Crippen LogP contribution in [0, 0.1) is 0 Å². The van der Waals surface area contributed by atoms with E-state index in [0.29, 0.717) is 25.1 Å². The summed E-state index contributed by atoms with van der Waals surface area (Å²) in [7, 11) is -3.57. The SMILES string of the molecule is O=C(Nc1nc(-c2cc(Cl)sc2Cl)cs1)c1ccc(CS(=O)(=O)c2ccccc2)o1. The summed E-state index contributed by atoms with van der Waals surface area (Å²) >= 11 is 14.6. The Morgan fingerprint density at radius 2 is 1.90 bits per heavy atom. The molecular formula is C19H12Cl2N2O4S3. The highest BCUT2D eigenvalue weighted by Gasteiger charge is 2.20. The number of nitrogens with zero attached hydrogens (tertiary/aromatic N) is 1. The maximum Gasteiger partial charge on any atom is 0.293 e. The lowest BCUT2D eigenvalue weighted by Crippen LogP contribution is -2.10. The van der Waals surface area contributed by atoms with Gasteiger partial charge in [0.15, 0.2) is 20.7 Å². The fourth-order valence-corrected chi connectivity index (χ4v) is 6.06. The summed E-state index contributed by atoms with van der Waals surface area (Å²) in [6.07, 6.45) is 0. The van der Waals surface area contributed by atoms with Gasteiger partial charge in [-0.3, -0.25) is 10.1 Å². The van der Waals surface area contributed by atoms with Crippen LogP contribution in [0.25, 0.3) is 11.3 Å². The van der Waals surface area contributed by atoms with Gasteiger partial charge < -0.3 is 4.42 Å². The number of thiazole rings is 1. The van der Waals surface area contributed by atoms with Gasteiger partial charge in [-0.25, -0.2) is 13.4 Å². The molecular weight excluding hydrogens is 487 g/mol. The first-order valence-electron chi connectivity index (χ1n) is 8.40. The van der Waals surface area contributed by atoms with Crippen molar-refractivity contribution in [3.05, 3.63) is 74.1 Å². The van der Waals surface area contributed by atoms with E-state index in [-0.39, 0.29) is 22.2 Å². The first-order valence-corrected chi connectivity index (χ1v) is 12.5. The molecule has 4 aromatic rings. The fraction of sp³-hybridized carbons (Fsp3) is 0.0526. The Bertz CT molecular complexity index is 1310. The minimum absolute atomic E-state index is 0.0124. The van der Waals surface area contributed by atoms with Gasteiger partial charge >= 0.3 is 0 Å². The van der Waals surface area contributed by atoms with E-state index in [1.165, 1.54) is 46.9 Å². The van der Waals surface area contributed by atoms with Crippen molar-refractivity contribution in [2.45, 2.75) is 10.6 Å². The number of nitrogens with one attached hydrogen (secondary N) is 1. The number of anilines is 1. The quantitative estimate of drug-likeness (QED) is 0.352. The number of aromatic nitrogens is 1. The molecule has 154 valence electrons. The summed E-state index contributed by atoms with van der Waals surface area (Å²) in [5.74, 6) is -0.720. The maximum atomic E-state index is 12.5. The molecule has 1 amide bonds. The van der Waals surface area contributed by atoms with Gasteiger partial charge in [0.1, 0.15) is 15.8 Å². The number of rotatable bonds is 6. The number of amides is 1. The third kappa shape index (κ3) is 4.60. The van der Waals surface area contributed by atoms with Crippen molar-refractivity contribution in [3.63, 3.8) is 0 Å². The van der Waals surface area contributed by atoms with Crippen LogP contribution in [0.1, 0.15) is 16.3 Å². The second-order valence-electron chi connectivity index (χ2n) is 6.07. The lowest BCUT2D eigenvalue weighted by atomic mass is 10.3. The van der Waals surface area contributed by atoms with Gasteiger partial charge in [0.05, 0.1) is 14.9 Å². The molecule has 6 nitrogen and oxygen atoms in total. The minimum Gasteiger partial charge on any atom is -0.455 e. The second kappa shape index (κ2) is 8.52. The van der Waals surface area contributed by atoms with Crippen molar-refractivity contribution >= 4 is 66.8 Å². The van der Waals surface area contributed by atoms with Gasteiger partial charge in [-0.05, 0) is 30.3 Å². The Hall–Kier alpha value is -2.17. The second-order valence-corrected chi connectivity index (χ2v) is 11.2. The summed E-state index contributed by atoms with van der Waals surface area (Å²) in [6, 6.07) is 12.7. The Balaban J connectivity index is 1.46. The highest BCUT2D eigenvalue weighted by Crippen LogP contribution is 2.39. The number of sulfone groups is 1. The molecule has 0 saturated heterocycles. The first-order chi connectivity index (χ1) is 14.3. The molecule has 1 N–H and O–H groups in total. The molecule has 3 aromatic heterocycles. The van der Waals surface area contributed by atoms with Gasteiger partial charge in [0.25, 0.3) is 5.91 Å². The molecule has 3 heterocycles. The molecule has 0 aliphatic rings. The van der Waals surface area contributed by atoms with E-state index in [2.05, 4.69) is 10.3 Å². The third-order valence-electron chi connectivity index (χ3n) is 3.98. The van der Waals surface area contributed by atoms with Crippen LogP contribution in [0.4, 0.5) is 5.13 Å². The van der Waals surface area contributed by atoms with Crippen LogP contribution < -0.4 is 5.32 Å². The van der Waals surface area contributed by atoms with Gasteiger partial charge in [0.2, 0.25) is 0 Å². The van der Waals surface area contributed by atoms with Gasteiger partial charge in [-0.1, -0.05) is 41.4 Å². The van der Waals surface area contributed by atoms with Crippen molar-refractivity contribution in [2.75, 3.05) is 5.32 Å². The molecule has 1 aromatic carbocycles. The van der Waals surface area contributed by atoms with E-state index in [4.69, 9.17) is 27.6 Å². The number of hydrogen-bond acceptors (Lipinski definition) is 7. The molecule has 0 radical (unpaired) electrons. The van der Waals surface area contributed by atoms with E-state index in [1.54, 1.807) is 29.6 Å². The number of carbonyl (C=O) groups excluding carboxylic acids is 1. The predicted molar refractivity (Wildman–Crippen MR) is 119 cm³/mol. The Morgan fingerprint density at radius 1 is 1.13 bits per heavy atom. The van der Waals surface area contributed by atoms with Crippen molar-refractivity contribution in [2.24, 2.45) is 0 Å². The third-order valence-corrected chi connectivity index (χ3v) is 7.88. The van der Waals surface area contributed by atoms with E-state index < -0.39 is 15.7 Å². The number of carbonyl (C=O) groups is 1. The highest BCUT2D eigenvalue weighted by molar-refractivity contribution is 7.90. The van der Waals surface area contributed by atoms with Crippen LogP contribution in [0.2, 0.25) is 8.67 Å². The molecule has 0 aliphatic carbocycles. The van der Waals surface area contributed by atoms with Gasteiger partial charge in [-0.2, -0.15) is 0 Å². The molecule has 0 atom stereocenters. The van der Waals surface area contributed by atoms with Crippen LogP contribution in [0.15, 0.2) is 63.2 Å². The van der Waals surface area contributed by atoms with Crippen molar-refractivity contribution in [1.29, 1.82) is 0 Å². The largest absolute Gasteiger partial charge is 0.455 e. The van der Waals surface area contributed by atoms with Gasteiger partial charge in [0, 0.05) is 10.9 Å². The first kappa shape index (κ1) is 21.1. The molecule has 0 unspecified atom stereocenters. The molecule has 11 heteroatoms. The van der Waals surface area contributed by atoms with Crippen LogP contribution >= 0.6 is 45.9 Å². The lowest BCUT2D eigenvalue weighted by molar-refractivity contribution is 0.0995. The normalized spacial score (nSPS) is 11.5. The molecule has 30 heavy (non-hydrogen) atoms. The number of thiophene rings is 1. The zero-order chi connectivity index (χ0) is 21.3. The van der Waals surface area contributed by atoms with Crippen LogP contribution in [0.3, 0.4) is 0 Å². The van der Waals surface area contributed by atoms with E-state index >= 15 is 0 Å². The Morgan fingerprint density at radius 3 is 2.60 bits per heavy atom. The summed E-state index contributed by atoms with van der Waals surface area (Å²) in [5.41, 5.74) is 1.28. The Kier molecular flexibility index (Phi) is 5.99. The predicted octanol–water partition coefficient (Wildman–Crippen LogP) is 6.00. The molecule has 0 fully saturated rings. The molecule has 0 bridgehead atoms. The maximum absolute atomic E-state index is 12.5. The summed E-state index contributed by atoms with van der Waals surface area (Å²) in [6.45, 7) is 0. The van der Waals surface area contributed by atoms with Gasteiger partial charge in [-0.15, -0.1) is 22.7 Å². The number of furan rings is 1. The average molecular weight is 499 g/mol. The lowest BCUT2D eigenvalue weighted by Gasteiger charge is -2.02.